The average Bonchev–Trinajstić information content (AvgIpc) is 2.21. The smallest absolute Gasteiger partial charge is 0.0752 e. The van der Waals surface area contributed by atoms with Gasteiger partial charge >= 0.3 is 0 Å². The molecule has 2 atom stereocenters. The monoisotopic (exact) mass is 305 g/mol. The SMILES string of the molecule is CC(CCS(C)=O)Nc1c(N)cncc1Br. The molecule has 6 heteroatoms. The lowest BCUT2D eigenvalue weighted by atomic mass is 10.2. The van der Waals surface area contributed by atoms with Gasteiger partial charge in [-0.05, 0) is 29.3 Å². The molecule has 0 saturated carbocycles. The highest BCUT2D eigenvalue weighted by molar-refractivity contribution is 9.10. The molecule has 0 fully saturated rings. The van der Waals surface area contributed by atoms with E-state index in [0.29, 0.717) is 11.4 Å². The minimum atomic E-state index is -0.750. The maximum Gasteiger partial charge on any atom is 0.0752 e. The van der Waals surface area contributed by atoms with E-state index in [1.165, 1.54) is 0 Å². The lowest BCUT2D eigenvalue weighted by Crippen LogP contribution is -2.19. The van der Waals surface area contributed by atoms with Crippen molar-refractivity contribution in [1.29, 1.82) is 0 Å². The van der Waals surface area contributed by atoms with Crippen molar-refractivity contribution in [2.24, 2.45) is 0 Å². The van der Waals surface area contributed by atoms with E-state index >= 15 is 0 Å². The second-order valence-electron chi connectivity index (χ2n) is 3.70. The van der Waals surface area contributed by atoms with Crippen LogP contribution in [0.4, 0.5) is 11.4 Å². The van der Waals surface area contributed by atoms with Crippen LogP contribution in [-0.2, 0) is 10.8 Å². The Morgan fingerprint density at radius 1 is 1.62 bits per heavy atom. The Morgan fingerprint density at radius 3 is 2.88 bits per heavy atom. The summed E-state index contributed by atoms with van der Waals surface area (Å²) in [6.07, 6.45) is 5.86. The molecule has 3 N–H and O–H groups in total. The van der Waals surface area contributed by atoms with Crippen LogP contribution >= 0.6 is 15.9 Å². The molecule has 0 aliphatic heterocycles. The van der Waals surface area contributed by atoms with Crippen LogP contribution in [0.5, 0.6) is 0 Å². The number of anilines is 2. The highest BCUT2D eigenvalue weighted by atomic mass is 79.9. The van der Waals surface area contributed by atoms with Gasteiger partial charge in [-0.1, -0.05) is 0 Å². The van der Waals surface area contributed by atoms with Crippen LogP contribution < -0.4 is 11.1 Å². The second-order valence-corrected chi connectivity index (χ2v) is 6.11. The first-order chi connectivity index (χ1) is 7.50. The zero-order valence-corrected chi connectivity index (χ0v) is 11.8. The molecular weight excluding hydrogens is 290 g/mol. The van der Waals surface area contributed by atoms with Gasteiger partial charge in [-0.2, -0.15) is 0 Å². The van der Waals surface area contributed by atoms with Crippen LogP contribution in [0.3, 0.4) is 0 Å². The van der Waals surface area contributed by atoms with Gasteiger partial charge in [-0.25, -0.2) is 0 Å². The van der Waals surface area contributed by atoms with E-state index in [1.54, 1.807) is 18.6 Å². The summed E-state index contributed by atoms with van der Waals surface area (Å²) in [6.45, 7) is 2.04. The molecule has 0 aromatic carbocycles. The third-order valence-electron chi connectivity index (χ3n) is 2.16. The summed E-state index contributed by atoms with van der Waals surface area (Å²) in [4.78, 5) is 3.97. The van der Waals surface area contributed by atoms with Gasteiger partial charge in [-0.15, -0.1) is 0 Å². The highest BCUT2D eigenvalue weighted by Gasteiger charge is 2.08. The maximum absolute atomic E-state index is 11.0. The Morgan fingerprint density at radius 2 is 2.31 bits per heavy atom. The minimum absolute atomic E-state index is 0.227. The number of pyridine rings is 1. The Balaban J connectivity index is 2.62. The van der Waals surface area contributed by atoms with Crippen LogP contribution in [0.25, 0.3) is 0 Å². The van der Waals surface area contributed by atoms with Gasteiger partial charge in [0.1, 0.15) is 0 Å². The number of aromatic nitrogens is 1. The summed E-state index contributed by atoms with van der Waals surface area (Å²) in [6, 6.07) is 0.227. The summed E-state index contributed by atoms with van der Waals surface area (Å²) in [7, 11) is -0.750. The second kappa shape index (κ2) is 6.20. The predicted octanol–water partition coefficient (Wildman–Crippen LogP) is 2.00. The van der Waals surface area contributed by atoms with Crippen molar-refractivity contribution in [2.75, 3.05) is 23.1 Å². The van der Waals surface area contributed by atoms with Gasteiger partial charge < -0.3 is 11.1 Å². The van der Waals surface area contributed by atoms with Crippen LogP contribution in [0.2, 0.25) is 0 Å². The number of nitrogens with one attached hydrogen (secondary N) is 1. The molecule has 1 rings (SSSR count). The van der Waals surface area contributed by atoms with E-state index in [0.717, 1.165) is 16.6 Å². The molecule has 0 aliphatic rings. The number of nitrogen functional groups attached to an aromatic ring is 1. The molecule has 1 heterocycles. The zero-order valence-electron chi connectivity index (χ0n) is 9.37. The molecule has 0 bridgehead atoms. The van der Waals surface area contributed by atoms with Crippen molar-refractivity contribution >= 4 is 38.1 Å². The Bertz CT molecular complexity index is 366. The molecule has 0 aliphatic carbocycles. The van der Waals surface area contributed by atoms with Gasteiger partial charge in [0.15, 0.2) is 0 Å². The molecule has 1 aromatic rings. The lowest BCUT2D eigenvalue weighted by molar-refractivity contribution is 0.678. The van der Waals surface area contributed by atoms with E-state index in [4.69, 9.17) is 5.73 Å². The normalized spacial score (nSPS) is 14.4. The van der Waals surface area contributed by atoms with Crippen molar-refractivity contribution in [1.82, 2.24) is 4.98 Å². The van der Waals surface area contributed by atoms with E-state index in [9.17, 15) is 4.21 Å². The number of hydrogen-bond acceptors (Lipinski definition) is 4. The highest BCUT2D eigenvalue weighted by Crippen LogP contribution is 2.27. The standard InChI is InChI=1S/C10H16BrN3OS/c1-7(3-4-16(2)15)14-10-8(11)5-13-6-9(10)12/h5-7H,3-4,12H2,1-2H3,(H,13,14). The van der Waals surface area contributed by atoms with Crippen molar-refractivity contribution in [3.05, 3.63) is 16.9 Å². The largest absolute Gasteiger partial charge is 0.396 e. The van der Waals surface area contributed by atoms with Crippen LogP contribution in [0.1, 0.15) is 13.3 Å². The number of halogens is 1. The first kappa shape index (κ1) is 13.4. The van der Waals surface area contributed by atoms with Crippen LogP contribution in [-0.4, -0.2) is 27.2 Å². The fourth-order valence-electron chi connectivity index (χ4n) is 1.26. The van der Waals surface area contributed by atoms with Gasteiger partial charge in [-0.3, -0.25) is 9.19 Å². The third kappa shape index (κ3) is 4.09. The van der Waals surface area contributed by atoms with Crippen molar-refractivity contribution in [3.8, 4) is 0 Å². The quantitative estimate of drug-likeness (QED) is 0.873. The average molecular weight is 306 g/mol. The molecule has 90 valence electrons. The van der Waals surface area contributed by atoms with E-state index in [2.05, 4.69) is 26.2 Å². The van der Waals surface area contributed by atoms with Crippen molar-refractivity contribution < 1.29 is 4.21 Å². The topological polar surface area (TPSA) is 68.0 Å². The first-order valence-electron chi connectivity index (χ1n) is 4.96. The number of nitrogens with zero attached hydrogens (tertiary/aromatic N) is 1. The fourth-order valence-corrected chi connectivity index (χ4v) is 2.41. The van der Waals surface area contributed by atoms with Gasteiger partial charge in [0.2, 0.25) is 0 Å². The summed E-state index contributed by atoms with van der Waals surface area (Å²) < 4.78 is 11.8. The van der Waals surface area contributed by atoms with Crippen molar-refractivity contribution in [3.63, 3.8) is 0 Å². The molecule has 0 saturated heterocycles. The molecule has 16 heavy (non-hydrogen) atoms. The fraction of sp³-hybridized carbons (Fsp3) is 0.500. The Kier molecular flexibility index (Phi) is 5.21. The van der Waals surface area contributed by atoms with Gasteiger partial charge in [0.05, 0.1) is 22.0 Å². The molecule has 0 radical (unpaired) electrons. The summed E-state index contributed by atoms with van der Waals surface area (Å²) in [5.74, 6) is 0.691. The molecule has 1 aromatic heterocycles. The molecule has 4 nitrogen and oxygen atoms in total. The third-order valence-corrected chi connectivity index (χ3v) is 3.57. The van der Waals surface area contributed by atoms with Gasteiger partial charge in [0.25, 0.3) is 0 Å². The summed E-state index contributed by atoms with van der Waals surface area (Å²) in [5.41, 5.74) is 7.27. The van der Waals surface area contributed by atoms with E-state index < -0.39 is 10.8 Å². The minimum Gasteiger partial charge on any atom is -0.396 e. The molecular formula is C10H16BrN3OS. The number of nitrogens with two attached hydrogens (primary N) is 1. The summed E-state index contributed by atoms with van der Waals surface area (Å²) in [5, 5.41) is 3.29. The Labute approximate surface area is 107 Å². The lowest BCUT2D eigenvalue weighted by Gasteiger charge is -2.17. The van der Waals surface area contributed by atoms with Crippen molar-refractivity contribution in [2.45, 2.75) is 19.4 Å². The van der Waals surface area contributed by atoms with E-state index in [1.807, 2.05) is 6.92 Å². The molecule has 0 amide bonds. The Hall–Kier alpha value is -0.620. The first-order valence-corrected chi connectivity index (χ1v) is 7.48. The summed E-state index contributed by atoms with van der Waals surface area (Å²) >= 11 is 3.39. The molecule has 0 spiro atoms. The predicted molar refractivity (Wildman–Crippen MR) is 73.0 cm³/mol. The van der Waals surface area contributed by atoms with E-state index in [-0.39, 0.29) is 6.04 Å². The molecule has 2 unspecified atom stereocenters. The zero-order chi connectivity index (χ0) is 12.1. The number of rotatable bonds is 5. The van der Waals surface area contributed by atoms with Crippen LogP contribution in [0.15, 0.2) is 16.9 Å². The number of hydrogen-bond donors (Lipinski definition) is 2. The van der Waals surface area contributed by atoms with Crippen LogP contribution in [0, 0.1) is 0 Å². The maximum atomic E-state index is 11.0. The van der Waals surface area contributed by atoms with Gasteiger partial charge in [0, 0.05) is 35.0 Å².